The van der Waals surface area contributed by atoms with Crippen LogP contribution in [0.3, 0.4) is 0 Å². The predicted molar refractivity (Wildman–Crippen MR) is 87.8 cm³/mol. The molecule has 0 unspecified atom stereocenters. The smallest absolute Gasteiger partial charge is 0.403 e. The zero-order chi connectivity index (χ0) is 18.7. The van der Waals surface area contributed by atoms with Crippen molar-refractivity contribution in [1.82, 2.24) is 4.72 Å². The highest BCUT2D eigenvalue weighted by Crippen LogP contribution is 2.36. The Kier molecular flexibility index (Phi) is 6.38. The van der Waals surface area contributed by atoms with E-state index in [4.69, 9.17) is 28.9 Å². The highest BCUT2D eigenvalue weighted by molar-refractivity contribution is 7.89. The first kappa shape index (κ1) is 20.4. The third kappa shape index (κ3) is 5.19. The molecule has 1 rings (SSSR count). The van der Waals surface area contributed by atoms with Crippen molar-refractivity contribution in [2.45, 2.75) is 18.0 Å². The molecule has 0 aliphatic heterocycles. The SMILES string of the molecule is C=C(C)/C(=C\C(Cl)=C/N)NS(=O)(=O)c1ccc(Cl)c(C(F)(F)F)c1. The van der Waals surface area contributed by atoms with Gasteiger partial charge in [-0.15, -0.1) is 0 Å². The van der Waals surface area contributed by atoms with E-state index < -0.39 is 31.7 Å². The maximum Gasteiger partial charge on any atom is 0.417 e. The van der Waals surface area contributed by atoms with Crippen LogP contribution in [0.25, 0.3) is 0 Å². The minimum atomic E-state index is -4.79. The van der Waals surface area contributed by atoms with Gasteiger partial charge in [0.05, 0.1) is 26.2 Å². The van der Waals surface area contributed by atoms with Gasteiger partial charge >= 0.3 is 6.18 Å². The molecule has 0 heterocycles. The molecule has 0 bridgehead atoms. The number of alkyl halides is 3. The monoisotopic (exact) mass is 400 g/mol. The van der Waals surface area contributed by atoms with E-state index in [0.717, 1.165) is 18.3 Å². The molecule has 0 aliphatic rings. The third-order valence-electron chi connectivity index (χ3n) is 2.70. The van der Waals surface area contributed by atoms with Gasteiger partial charge in [-0.05, 0) is 36.8 Å². The van der Waals surface area contributed by atoms with Gasteiger partial charge < -0.3 is 5.73 Å². The molecule has 1 aromatic carbocycles. The van der Waals surface area contributed by atoms with Crippen molar-refractivity contribution in [3.63, 3.8) is 0 Å². The molecule has 0 atom stereocenters. The molecule has 0 spiro atoms. The molecule has 0 aliphatic carbocycles. The van der Waals surface area contributed by atoms with Crippen molar-refractivity contribution in [1.29, 1.82) is 0 Å². The van der Waals surface area contributed by atoms with E-state index in [0.29, 0.717) is 6.07 Å². The van der Waals surface area contributed by atoms with Gasteiger partial charge in [-0.1, -0.05) is 29.8 Å². The van der Waals surface area contributed by atoms with Gasteiger partial charge in [-0.2, -0.15) is 13.2 Å². The molecule has 132 valence electrons. The van der Waals surface area contributed by atoms with Crippen molar-refractivity contribution in [3.8, 4) is 0 Å². The normalized spacial score (nSPS) is 13.8. The fourth-order valence-electron chi connectivity index (χ4n) is 1.52. The van der Waals surface area contributed by atoms with Crippen LogP contribution in [0, 0.1) is 0 Å². The Morgan fingerprint density at radius 1 is 1.38 bits per heavy atom. The summed E-state index contributed by atoms with van der Waals surface area (Å²) in [7, 11) is -4.32. The number of halogens is 5. The molecule has 10 heteroatoms. The van der Waals surface area contributed by atoms with Crippen LogP contribution < -0.4 is 10.5 Å². The summed E-state index contributed by atoms with van der Waals surface area (Å²) in [5.41, 5.74) is 4.20. The van der Waals surface area contributed by atoms with Gasteiger partial charge in [0.25, 0.3) is 10.0 Å². The third-order valence-corrected chi connectivity index (χ3v) is 4.63. The van der Waals surface area contributed by atoms with Crippen LogP contribution in [0.4, 0.5) is 13.2 Å². The van der Waals surface area contributed by atoms with Gasteiger partial charge in [-0.3, -0.25) is 4.72 Å². The van der Waals surface area contributed by atoms with E-state index in [-0.39, 0.29) is 16.3 Å². The van der Waals surface area contributed by atoms with Crippen LogP contribution in [0.15, 0.2) is 58.3 Å². The lowest BCUT2D eigenvalue weighted by Crippen LogP contribution is -2.24. The fraction of sp³-hybridized carbons (Fsp3) is 0.143. The Labute approximate surface area is 147 Å². The minimum absolute atomic E-state index is 0.0165. The van der Waals surface area contributed by atoms with Crippen molar-refractivity contribution < 1.29 is 21.6 Å². The van der Waals surface area contributed by atoms with E-state index in [1.165, 1.54) is 13.0 Å². The second-order valence-corrected chi connectivity index (χ2v) is 7.16. The van der Waals surface area contributed by atoms with Crippen LogP contribution in [0.5, 0.6) is 0 Å². The van der Waals surface area contributed by atoms with Gasteiger partial charge in [0.2, 0.25) is 0 Å². The van der Waals surface area contributed by atoms with Crippen molar-refractivity contribution in [2.75, 3.05) is 0 Å². The first-order chi connectivity index (χ1) is 10.9. The molecular weight excluding hydrogens is 388 g/mol. The fourth-order valence-corrected chi connectivity index (χ4v) is 3.01. The molecule has 0 radical (unpaired) electrons. The molecule has 3 N–H and O–H groups in total. The number of allylic oxidation sites excluding steroid dienone is 3. The van der Waals surface area contributed by atoms with Crippen LogP contribution in [0.1, 0.15) is 12.5 Å². The Morgan fingerprint density at radius 3 is 2.42 bits per heavy atom. The van der Waals surface area contributed by atoms with E-state index in [1.807, 2.05) is 0 Å². The number of benzene rings is 1. The van der Waals surface area contributed by atoms with Crippen LogP contribution in [0.2, 0.25) is 5.02 Å². The van der Waals surface area contributed by atoms with Gasteiger partial charge in [-0.25, -0.2) is 8.42 Å². The predicted octanol–water partition coefficient (Wildman–Crippen LogP) is 4.14. The maximum atomic E-state index is 12.9. The first-order valence-corrected chi connectivity index (χ1v) is 8.47. The van der Waals surface area contributed by atoms with E-state index in [2.05, 4.69) is 11.3 Å². The molecule has 1 aromatic rings. The summed E-state index contributed by atoms with van der Waals surface area (Å²) in [4.78, 5) is -0.612. The summed E-state index contributed by atoms with van der Waals surface area (Å²) in [5.74, 6) is 0. The number of hydrogen-bond donors (Lipinski definition) is 2. The summed E-state index contributed by atoms with van der Waals surface area (Å²) >= 11 is 11.2. The average Bonchev–Trinajstić information content (AvgIpc) is 2.44. The summed E-state index contributed by atoms with van der Waals surface area (Å²) in [6, 6.07) is 2.26. The van der Waals surface area contributed by atoms with Crippen molar-refractivity contribution in [3.05, 3.63) is 63.9 Å². The topological polar surface area (TPSA) is 72.2 Å². The lowest BCUT2D eigenvalue weighted by atomic mass is 10.2. The zero-order valence-electron chi connectivity index (χ0n) is 12.3. The molecule has 0 amide bonds. The Hall–Kier alpha value is -1.64. The molecule has 0 saturated carbocycles. The van der Waals surface area contributed by atoms with E-state index in [1.54, 1.807) is 0 Å². The number of rotatable bonds is 5. The van der Waals surface area contributed by atoms with Crippen LogP contribution in [-0.4, -0.2) is 8.42 Å². The number of hydrogen-bond acceptors (Lipinski definition) is 3. The first-order valence-electron chi connectivity index (χ1n) is 6.23. The zero-order valence-corrected chi connectivity index (χ0v) is 14.6. The van der Waals surface area contributed by atoms with Crippen LogP contribution >= 0.6 is 23.2 Å². The van der Waals surface area contributed by atoms with Gasteiger partial charge in [0.1, 0.15) is 0 Å². The molecule has 24 heavy (non-hydrogen) atoms. The Morgan fingerprint density at radius 2 is 1.96 bits per heavy atom. The number of nitrogens with one attached hydrogen (secondary N) is 1. The van der Waals surface area contributed by atoms with Gasteiger partial charge in [0.15, 0.2) is 0 Å². The summed E-state index contributed by atoms with van der Waals surface area (Å²) in [5, 5.41) is -0.589. The second-order valence-electron chi connectivity index (χ2n) is 4.63. The lowest BCUT2D eigenvalue weighted by molar-refractivity contribution is -0.137. The standard InChI is InChI=1S/C14H13Cl2F3N2O2S/c1-8(2)13(5-9(15)7-20)21-24(22,23)10-3-4-12(16)11(6-10)14(17,18)19/h3-7,21H,1,20H2,2H3/b9-7+,13-5+. The summed E-state index contributed by atoms with van der Waals surface area (Å²) in [6.45, 7) is 5.05. The largest absolute Gasteiger partial charge is 0.417 e. The van der Waals surface area contributed by atoms with Crippen molar-refractivity contribution >= 4 is 33.2 Å². The molecular formula is C14H13Cl2F3N2O2S. The molecule has 0 fully saturated rings. The second kappa shape index (κ2) is 7.50. The number of nitrogens with two attached hydrogens (primary N) is 1. The summed E-state index contributed by atoms with van der Waals surface area (Å²) < 4.78 is 65.3. The van der Waals surface area contributed by atoms with Gasteiger partial charge in [0, 0.05) is 6.20 Å². The highest BCUT2D eigenvalue weighted by Gasteiger charge is 2.34. The highest BCUT2D eigenvalue weighted by atomic mass is 35.5. The molecule has 0 aromatic heterocycles. The maximum absolute atomic E-state index is 12.9. The van der Waals surface area contributed by atoms with Crippen LogP contribution in [-0.2, 0) is 16.2 Å². The molecule has 0 saturated heterocycles. The number of sulfonamides is 1. The quantitative estimate of drug-likeness (QED) is 0.729. The van der Waals surface area contributed by atoms with Crippen molar-refractivity contribution in [2.24, 2.45) is 5.73 Å². The van der Waals surface area contributed by atoms with E-state index in [9.17, 15) is 21.6 Å². The Balaban J connectivity index is 3.35. The lowest BCUT2D eigenvalue weighted by Gasteiger charge is -2.14. The average molecular weight is 401 g/mol. The molecule has 4 nitrogen and oxygen atoms in total. The minimum Gasteiger partial charge on any atom is -0.403 e. The summed E-state index contributed by atoms with van der Waals surface area (Å²) in [6.07, 6.45) is -2.59. The van der Waals surface area contributed by atoms with E-state index >= 15 is 0 Å². The Bertz CT molecular complexity index is 816.